The molecule has 1 nitrogen and oxygen atoms in total. The summed E-state index contributed by atoms with van der Waals surface area (Å²) >= 11 is 0. The van der Waals surface area contributed by atoms with Crippen molar-refractivity contribution in [3.8, 4) is 0 Å². The van der Waals surface area contributed by atoms with Crippen LogP contribution in [0.1, 0.15) is 16.7 Å². The topological polar surface area (TPSA) is 12.4 Å². The maximum atomic E-state index is 4.47. The number of aliphatic imine (C=N–C) groups is 1. The third-order valence-electron chi connectivity index (χ3n) is 2.96. The molecule has 0 heterocycles. The molecule has 0 spiro atoms. The van der Waals surface area contributed by atoms with Crippen LogP contribution in [0.2, 0.25) is 0 Å². The molecule has 0 radical (unpaired) electrons. The van der Waals surface area contributed by atoms with Crippen molar-refractivity contribution >= 4 is 18.0 Å². The first-order valence-corrected chi connectivity index (χ1v) is 6.09. The minimum Gasteiger partial charge on any atom is -0.257 e. The van der Waals surface area contributed by atoms with Crippen molar-refractivity contribution in [1.29, 1.82) is 0 Å². The van der Waals surface area contributed by atoms with Crippen LogP contribution in [0.5, 0.6) is 0 Å². The van der Waals surface area contributed by atoms with Gasteiger partial charge in [-0.2, -0.15) is 0 Å². The molecule has 90 valence electrons. The summed E-state index contributed by atoms with van der Waals surface area (Å²) in [5, 5.41) is 0. The predicted octanol–water partition coefficient (Wildman–Crippen LogP) is 4.72. The molecule has 2 rings (SSSR count). The second-order valence-corrected chi connectivity index (χ2v) is 4.27. The molecule has 0 aliphatic rings. The van der Waals surface area contributed by atoms with Gasteiger partial charge in [0.05, 0.1) is 5.69 Å². The molecule has 0 saturated heterocycles. The minimum atomic E-state index is 1.03. The van der Waals surface area contributed by atoms with Crippen LogP contribution in [0.3, 0.4) is 0 Å². The molecule has 0 saturated carbocycles. The van der Waals surface area contributed by atoms with Gasteiger partial charge in [-0.3, -0.25) is 4.99 Å². The van der Waals surface area contributed by atoms with Crippen LogP contribution in [0.4, 0.5) is 5.69 Å². The first-order valence-electron chi connectivity index (χ1n) is 6.09. The van der Waals surface area contributed by atoms with Gasteiger partial charge >= 0.3 is 0 Å². The normalized spacial score (nSPS) is 11.4. The molecule has 0 N–H and O–H groups in total. The van der Waals surface area contributed by atoms with Crippen molar-refractivity contribution in [2.75, 3.05) is 0 Å². The Bertz CT molecular complexity index is 565. The van der Waals surface area contributed by atoms with Gasteiger partial charge in [-0.05, 0) is 42.7 Å². The van der Waals surface area contributed by atoms with E-state index in [2.05, 4.69) is 43.1 Å². The summed E-state index contributed by atoms with van der Waals surface area (Å²) in [7, 11) is 0. The standard InChI is InChI=1S/C17H17N/c1-14-8-6-12-17(15(14)2)18-13-7-11-16-9-4-3-5-10-16/h3-13H,1-2H3. The molecule has 18 heavy (non-hydrogen) atoms. The summed E-state index contributed by atoms with van der Waals surface area (Å²) in [6, 6.07) is 16.4. The van der Waals surface area contributed by atoms with Crippen molar-refractivity contribution in [3.05, 3.63) is 71.3 Å². The van der Waals surface area contributed by atoms with Gasteiger partial charge in [0.15, 0.2) is 0 Å². The molecule has 0 amide bonds. The number of nitrogens with zero attached hydrogens (tertiary/aromatic N) is 1. The molecule has 0 aromatic heterocycles. The first-order chi connectivity index (χ1) is 8.77. The lowest BCUT2D eigenvalue weighted by atomic mass is 10.1. The Morgan fingerprint density at radius 3 is 2.44 bits per heavy atom. The van der Waals surface area contributed by atoms with Gasteiger partial charge in [0.25, 0.3) is 0 Å². The summed E-state index contributed by atoms with van der Waals surface area (Å²) in [6.45, 7) is 4.21. The number of allylic oxidation sites excluding steroid dienone is 1. The molecule has 0 unspecified atom stereocenters. The Morgan fingerprint density at radius 2 is 1.67 bits per heavy atom. The van der Waals surface area contributed by atoms with E-state index in [9.17, 15) is 0 Å². The molecule has 1 heteroatoms. The Labute approximate surface area is 109 Å². The van der Waals surface area contributed by atoms with Crippen LogP contribution in [-0.2, 0) is 0 Å². The molecule has 0 aliphatic heterocycles. The highest BCUT2D eigenvalue weighted by atomic mass is 14.7. The molecular weight excluding hydrogens is 218 g/mol. The van der Waals surface area contributed by atoms with Crippen molar-refractivity contribution in [1.82, 2.24) is 0 Å². The molecule has 0 aliphatic carbocycles. The summed E-state index contributed by atoms with van der Waals surface area (Å²) in [4.78, 5) is 4.47. The lowest BCUT2D eigenvalue weighted by Gasteiger charge is -2.02. The zero-order valence-corrected chi connectivity index (χ0v) is 10.8. The van der Waals surface area contributed by atoms with E-state index < -0.39 is 0 Å². The lowest BCUT2D eigenvalue weighted by Crippen LogP contribution is -1.80. The van der Waals surface area contributed by atoms with E-state index in [1.54, 1.807) is 0 Å². The zero-order valence-electron chi connectivity index (χ0n) is 10.8. The van der Waals surface area contributed by atoms with E-state index in [4.69, 9.17) is 0 Å². The number of hydrogen-bond acceptors (Lipinski definition) is 1. The van der Waals surface area contributed by atoms with Crippen LogP contribution >= 0.6 is 0 Å². The highest BCUT2D eigenvalue weighted by Crippen LogP contribution is 2.20. The highest BCUT2D eigenvalue weighted by Gasteiger charge is 1.96. The van der Waals surface area contributed by atoms with E-state index in [-0.39, 0.29) is 0 Å². The second kappa shape index (κ2) is 5.97. The van der Waals surface area contributed by atoms with Crippen molar-refractivity contribution in [3.63, 3.8) is 0 Å². The highest BCUT2D eigenvalue weighted by molar-refractivity contribution is 5.80. The maximum absolute atomic E-state index is 4.47. The fraction of sp³-hybridized carbons (Fsp3) is 0.118. The smallest absolute Gasteiger partial charge is 0.0661 e. The number of benzene rings is 2. The van der Waals surface area contributed by atoms with Gasteiger partial charge in [0.2, 0.25) is 0 Å². The average molecular weight is 235 g/mol. The molecule has 0 bridgehead atoms. The van der Waals surface area contributed by atoms with E-state index in [0.717, 1.165) is 5.69 Å². The molecular formula is C17H17N. The maximum Gasteiger partial charge on any atom is 0.0661 e. The third kappa shape index (κ3) is 3.17. The van der Waals surface area contributed by atoms with Crippen LogP contribution < -0.4 is 0 Å². The monoisotopic (exact) mass is 235 g/mol. The van der Waals surface area contributed by atoms with Crippen LogP contribution in [0.15, 0.2) is 59.6 Å². The Hall–Kier alpha value is -2.15. The van der Waals surface area contributed by atoms with Gasteiger partial charge < -0.3 is 0 Å². The van der Waals surface area contributed by atoms with Crippen molar-refractivity contribution in [2.45, 2.75) is 13.8 Å². The Kier molecular flexibility index (Phi) is 4.08. The summed E-state index contributed by atoms with van der Waals surface area (Å²) in [5.41, 5.74) is 4.73. The van der Waals surface area contributed by atoms with Gasteiger partial charge in [0.1, 0.15) is 0 Å². The molecule has 2 aromatic rings. The first kappa shape index (κ1) is 12.3. The van der Waals surface area contributed by atoms with Gasteiger partial charge in [-0.15, -0.1) is 0 Å². The van der Waals surface area contributed by atoms with Crippen LogP contribution in [0, 0.1) is 13.8 Å². The second-order valence-electron chi connectivity index (χ2n) is 4.27. The van der Waals surface area contributed by atoms with Gasteiger partial charge in [-0.25, -0.2) is 0 Å². The largest absolute Gasteiger partial charge is 0.257 e. The zero-order chi connectivity index (χ0) is 12.8. The van der Waals surface area contributed by atoms with Gasteiger partial charge in [0, 0.05) is 6.21 Å². The minimum absolute atomic E-state index is 1.03. The van der Waals surface area contributed by atoms with E-state index in [1.807, 2.05) is 42.6 Å². The number of hydrogen-bond donors (Lipinski definition) is 0. The predicted molar refractivity (Wildman–Crippen MR) is 79.5 cm³/mol. The summed E-state index contributed by atoms with van der Waals surface area (Å²) < 4.78 is 0. The quantitative estimate of drug-likeness (QED) is 0.683. The Morgan fingerprint density at radius 1 is 0.889 bits per heavy atom. The third-order valence-corrected chi connectivity index (χ3v) is 2.96. The number of aryl methyl sites for hydroxylation is 1. The summed E-state index contributed by atoms with van der Waals surface area (Å²) in [6.07, 6.45) is 5.86. The van der Waals surface area contributed by atoms with E-state index in [1.165, 1.54) is 16.7 Å². The number of rotatable bonds is 3. The van der Waals surface area contributed by atoms with Crippen molar-refractivity contribution in [2.24, 2.45) is 4.99 Å². The lowest BCUT2D eigenvalue weighted by molar-refractivity contribution is 1.31. The Balaban J connectivity index is 2.08. The summed E-state index contributed by atoms with van der Waals surface area (Å²) in [5.74, 6) is 0. The molecule has 0 atom stereocenters. The van der Waals surface area contributed by atoms with E-state index in [0.29, 0.717) is 0 Å². The van der Waals surface area contributed by atoms with Crippen LogP contribution in [-0.4, -0.2) is 6.21 Å². The average Bonchev–Trinajstić information content (AvgIpc) is 2.40. The fourth-order valence-electron chi connectivity index (χ4n) is 1.72. The fourth-order valence-corrected chi connectivity index (χ4v) is 1.72. The van der Waals surface area contributed by atoms with Crippen molar-refractivity contribution < 1.29 is 0 Å². The van der Waals surface area contributed by atoms with Crippen LogP contribution in [0.25, 0.3) is 6.08 Å². The molecule has 0 fully saturated rings. The SMILES string of the molecule is Cc1cccc(N=CC=Cc2ccccc2)c1C. The van der Waals surface area contributed by atoms with E-state index >= 15 is 0 Å². The molecule has 2 aromatic carbocycles. The van der Waals surface area contributed by atoms with Gasteiger partial charge in [-0.1, -0.05) is 48.5 Å².